The van der Waals surface area contributed by atoms with E-state index in [4.69, 9.17) is 33.4 Å². The van der Waals surface area contributed by atoms with E-state index in [-0.39, 0.29) is 12.8 Å². The largest absolute Gasteiger partial charge is 0.481 e. The number of hydrogen-bond donors (Lipinski definition) is 5. The number of rotatable bonds is 11. The number of anilines is 2. The Balaban J connectivity index is 2.02. The Morgan fingerprint density at radius 2 is 1.58 bits per heavy atom. The van der Waals surface area contributed by atoms with Gasteiger partial charge < -0.3 is 26.2 Å². The number of carbonyl (C=O) groups excluding carboxylic acids is 2. The van der Waals surface area contributed by atoms with E-state index in [0.717, 1.165) is 0 Å². The molecule has 176 valence electrons. The van der Waals surface area contributed by atoms with Crippen LogP contribution in [-0.2, 0) is 25.6 Å². The third-order valence-electron chi connectivity index (χ3n) is 4.62. The Morgan fingerprint density at radius 1 is 0.939 bits per heavy atom. The third-order valence-corrected chi connectivity index (χ3v) is 5.25. The monoisotopic (exact) mass is 495 g/mol. The van der Waals surface area contributed by atoms with Crippen LogP contribution in [0, 0.1) is 0 Å². The van der Waals surface area contributed by atoms with Crippen LogP contribution in [0.2, 0.25) is 10.0 Å². The van der Waals surface area contributed by atoms with Gasteiger partial charge >= 0.3 is 11.9 Å². The fraction of sp³-hybridized carbons (Fsp3) is 0.273. The molecular formula is C22H23Cl2N3O6. The van der Waals surface area contributed by atoms with Crippen LogP contribution in [0.25, 0.3) is 0 Å². The highest BCUT2D eigenvalue weighted by molar-refractivity contribution is 6.39. The summed E-state index contributed by atoms with van der Waals surface area (Å²) in [6.45, 7) is 1.40. The summed E-state index contributed by atoms with van der Waals surface area (Å²) >= 11 is 12.4. The quantitative estimate of drug-likeness (QED) is 0.321. The highest BCUT2D eigenvalue weighted by Crippen LogP contribution is 2.33. The number of para-hydroxylation sites is 2. The van der Waals surface area contributed by atoms with E-state index >= 15 is 0 Å². The zero-order valence-electron chi connectivity index (χ0n) is 17.6. The van der Waals surface area contributed by atoms with Crippen molar-refractivity contribution in [3.8, 4) is 0 Å². The van der Waals surface area contributed by atoms with Crippen molar-refractivity contribution in [2.45, 2.75) is 38.3 Å². The molecule has 0 spiro atoms. The Labute approximate surface area is 200 Å². The molecule has 33 heavy (non-hydrogen) atoms. The first kappa shape index (κ1) is 26.0. The minimum atomic E-state index is -1.38. The molecule has 0 saturated heterocycles. The number of carbonyl (C=O) groups is 4. The van der Waals surface area contributed by atoms with E-state index in [1.165, 1.54) is 6.92 Å². The summed E-state index contributed by atoms with van der Waals surface area (Å²) < 4.78 is 0. The van der Waals surface area contributed by atoms with Crippen LogP contribution in [0.5, 0.6) is 0 Å². The normalized spacial score (nSPS) is 12.3. The number of carboxylic acids is 2. The summed E-state index contributed by atoms with van der Waals surface area (Å²) in [5, 5.41) is 26.6. The minimum absolute atomic E-state index is 0.0791. The molecule has 0 aliphatic rings. The highest BCUT2D eigenvalue weighted by atomic mass is 35.5. The standard InChI is InChI=1S/C22H23Cl2N3O6/c1-12(21(31)27-17(22(32)33)9-10-19(29)30)25-18(28)11-13-5-2-3-8-16(13)26-20-14(23)6-4-7-15(20)24/h2-8,12,17,26H,9-11H2,1H3,(H,25,28)(H,27,31)(H,29,30)(H,32,33)/t12-,17-/m1/s1. The lowest BCUT2D eigenvalue weighted by Gasteiger charge is -2.19. The van der Waals surface area contributed by atoms with Crippen LogP contribution in [0.4, 0.5) is 11.4 Å². The van der Waals surface area contributed by atoms with E-state index in [0.29, 0.717) is 27.0 Å². The predicted octanol–water partition coefficient (Wildman–Crippen LogP) is 3.22. The van der Waals surface area contributed by atoms with E-state index in [1.807, 2.05) is 0 Å². The SMILES string of the molecule is C[C@@H](NC(=O)Cc1ccccc1Nc1c(Cl)cccc1Cl)C(=O)N[C@H](CCC(=O)O)C(=O)O. The van der Waals surface area contributed by atoms with Crippen LogP contribution in [-0.4, -0.2) is 46.0 Å². The predicted molar refractivity (Wildman–Crippen MR) is 124 cm³/mol. The maximum atomic E-state index is 12.5. The topological polar surface area (TPSA) is 145 Å². The van der Waals surface area contributed by atoms with Crippen LogP contribution in [0.3, 0.4) is 0 Å². The summed E-state index contributed by atoms with van der Waals surface area (Å²) in [5.41, 5.74) is 1.70. The fourth-order valence-electron chi connectivity index (χ4n) is 2.90. The zero-order valence-corrected chi connectivity index (χ0v) is 19.1. The summed E-state index contributed by atoms with van der Waals surface area (Å²) in [5.74, 6) is -3.76. The summed E-state index contributed by atoms with van der Waals surface area (Å²) in [7, 11) is 0. The molecule has 0 aliphatic heterocycles. The van der Waals surface area contributed by atoms with Crippen molar-refractivity contribution in [3.63, 3.8) is 0 Å². The molecule has 9 nitrogen and oxygen atoms in total. The zero-order chi connectivity index (χ0) is 24.5. The average Bonchev–Trinajstić information content (AvgIpc) is 2.74. The molecular weight excluding hydrogens is 473 g/mol. The number of hydrogen-bond acceptors (Lipinski definition) is 5. The van der Waals surface area contributed by atoms with Gasteiger partial charge in [-0.2, -0.15) is 0 Å². The lowest BCUT2D eigenvalue weighted by Crippen LogP contribution is -2.50. The van der Waals surface area contributed by atoms with Gasteiger partial charge in [-0.05, 0) is 37.1 Å². The number of benzene rings is 2. The molecule has 0 radical (unpaired) electrons. The van der Waals surface area contributed by atoms with Crippen molar-refractivity contribution in [2.75, 3.05) is 5.32 Å². The van der Waals surface area contributed by atoms with E-state index in [9.17, 15) is 19.2 Å². The molecule has 11 heteroatoms. The van der Waals surface area contributed by atoms with Crippen LogP contribution in [0.15, 0.2) is 42.5 Å². The van der Waals surface area contributed by atoms with Crippen molar-refractivity contribution >= 4 is 58.3 Å². The Hall–Kier alpha value is -3.30. The molecule has 2 amide bonds. The van der Waals surface area contributed by atoms with E-state index in [1.54, 1.807) is 42.5 Å². The molecule has 0 heterocycles. The van der Waals surface area contributed by atoms with E-state index in [2.05, 4.69) is 16.0 Å². The van der Waals surface area contributed by atoms with Crippen molar-refractivity contribution < 1.29 is 29.4 Å². The van der Waals surface area contributed by atoms with Crippen molar-refractivity contribution in [2.24, 2.45) is 0 Å². The number of amides is 2. The van der Waals surface area contributed by atoms with Crippen molar-refractivity contribution in [1.29, 1.82) is 0 Å². The first-order valence-electron chi connectivity index (χ1n) is 9.91. The van der Waals surface area contributed by atoms with Crippen molar-refractivity contribution in [1.82, 2.24) is 10.6 Å². The number of nitrogens with one attached hydrogen (secondary N) is 3. The van der Waals surface area contributed by atoms with E-state index < -0.39 is 42.3 Å². The Bertz CT molecular complexity index is 1030. The highest BCUT2D eigenvalue weighted by Gasteiger charge is 2.24. The fourth-order valence-corrected chi connectivity index (χ4v) is 3.39. The lowest BCUT2D eigenvalue weighted by molar-refractivity contribution is -0.143. The maximum Gasteiger partial charge on any atom is 0.326 e. The number of halogens is 2. The van der Waals surface area contributed by atoms with Gasteiger partial charge in [-0.1, -0.05) is 47.5 Å². The third kappa shape index (κ3) is 7.96. The Morgan fingerprint density at radius 3 is 2.18 bits per heavy atom. The van der Waals surface area contributed by atoms with Gasteiger partial charge in [0.2, 0.25) is 11.8 Å². The summed E-state index contributed by atoms with van der Waals surface area (Å²) in [4.78, 5) is 46.7. The molecule has 0 unspecified atom stereocenters. The molecule has 0 saturated carbocycles. The summed E-state index contributed by atoms with van der Waals surface area (Å²) in [6.07, 6.45) is -0.776. The molecule has 0 aliphatic carbocycles. The van der Waals surface area contributed by atoms with Crippen LogP contribution >= 0.6 is 23.2 Å². The van der Waals surface area contributed by atoms with Gasteiger partial charge in [0.15, 0.2) is 0 Å². The molecule has 0 fully saturated rings. The number of carboxylic acid groups (broad SMARTS) is 2. The lowest BCUT2D eigenvalue weighted by atomic mass is 10.1. The number of aliphatic carboxylic acids is 2. The van der Waals surface area contributed by atoms with Gasteiger partial charge in [0.25, 0.3) is 0 Å². The van der Waals surface area contributed by atoms with Crippen molar-refractivity contribution in [3.05, 3.63) is 58.1 Å². The molecule has 0 aromatic heterocycles. The molecule has 2 atom stereocenters. The first-order chi connectivity index (χ1) is 15.6. The van der Waals surface area contributed by atoms with Gasteiger partial charge in [0.1, 0.15) is 12.1 Å². The molecule has 0 bridgehead atoms. The molecule has 2 rings (SSSR count). The van der Waals surface area contributed by atoms with Crippen LogP contribution < -0.4 is 16.0 Å². The smallest absolute Gasteiger partial charge is 0.326 e. The summed E-state index contributed by atoms with van der Waals surface area (Å²) in [6, 6.07) is 9.63. The van der Waals surface area contributed by atoms with Gasteiger partial charge in [-0.15, -0.1) is 0 Å². The van der Waals surface area contributed by atoms with Gasteiger partial charge in [-0.3, -0.25) is 14.4 Å². The molecule has 5 N–H and O–H groups in total. The molecule has 2 aromatic carbocycles. The average molecular weight is 496 g/mol. The van der Waals surface area contributed by atoms with Crippen LogP contribution in [0.1, 0.15) is 25.3 Å². The second-order valence-corrected chi connectivity index (χ2v) is 7.99. The van der Waals surface area contributed by atoms with Gasteiger partial charge in [0, 0.05) is 12.1 Å². The van der Waals surface area contributed by atoms with Gasteiger partial charge in [0.05, 0.1) is 22.2 Å². The molecule has 2 aromatic rings. The maximum absolute atomic E-state index is 12.5. The second-order valence-electron chi connectivity index (χ2n) is 7.18. The Kier molecular flexibility index (Phi) is 9.50. The van der Waals surface area contributed by atoms with Gasteiger partial charge in [-0.25, -0.2) is 4.79 Å². The second kappa shape index (κ2) is 12.1. The first-order valence-corrected chi connectivity index (χ1v) is 10.7. The minimum Gasteiger partial charge on any atom is -0.481 e.